The van der Waals surface area contributed by atoms with E-state index in [0.29, 0.717) is 0 Å². The topological polar surface area (TPSA) is 35.2 Å². The molecule has 0 bridgehead atoms. The summed E-state index contributed by atoms with van der Waals surface area (Å²) in [5, 5.41) is 0. The van der Waals surface area contributed by atoms with Crippen LogP contribution in [0.25, 0.3) is 0 Å². The van der Waals surface area contributed by atoms with Gasteiger partial charge in [-0.3, -0.25) is 0 Å². The molecule has 0 spiro atoms. The number of benzene rings is 1. The highest BCUT2D eigenvalue weighted by Gasteiger charge is 2.33. The molecule has 2 N–H and O–H groups in total. The second kappa shape index (κ2) is 6.37. The maximum atomic E-state index is 12.4. The van der Waals surface area contributed by atoms with E-state index in [1.807, 2.05) is 13.8 Å². The Morgan fingerprint density at radius 3 is 2.19 bits per heavy atom. The molecule has 0 aliphatic carbocycles. The van der Waals surface area contributed by atoms with Crippen LogP contribution in [0.2, 0.25) is 0 Å². The van der Waals surface area contributed by atoms with E-state index in [-0.39, 0.29) is 17.9 Å². The van der Waals surface area contributed by atoms with Crippen molar-refractivity contribution in [2.45, 2.75) is 26.6 Å². The van der Waals surface area contributed by atoms with E-state index < -0.39 is 11.7 Å². The molecule has 16 heavy (non-hydrogen) atoms. The lowest BCUT2D eigenvalue weighted by atomic mass is 10.1. The minimum Gasteiger partial charge on any atom is -0.497 e. The number of nitrogens with two attached hydrogens (primary N) is 1. The van der Waals surface area contributed by atoms with E-state index in [4.69, 9.17) is 10.5 Å². The van der Waals surface area contributed by atoms with E-state index in [9.17, 15) is 13.2 Å². The van der Waals surface area contributed by atoms with E-state index in [2.05, 4.69) is 0 Å². The number of alkyl halides is 3. The van der Waals surface area contributed by atoms with Gasteiger partial charge in [0.2, 0.25) is 0 Å². The minimum atomic E-state index is -4.39. The average molecular weight is 235 g/mol. The van der Waals surface area contributed by atoms with Crippen LogP contribution in [0.15, 0.2) is 18.2 Å². The molecule has 0 saturated heterocycles. The standard InChI is InChI=1S/C9H10F3NO.C2H6/c1-14-7-3-2-6(5-13)8(4-7)9(10,11)12;1-2/h2-4H,5,13H2,1H3;1-2H3. The van der Waals surface area contributed by atoms with E-state index in [0.717, 1.165) is 6.07 Å². The molecule has 0 aliphatic heterocycles. The predicted molar refractivity (Wildman–Crippen MR) is 57.2 cm³/mol. The third kappa shape index (κ3) is 3.73. The zero-order chi connectivity index (χ0) is 12.8. The third-order valence-corrected chi connectivity index (χ3v) is 1.84. The van der Waals surface area contributed by atoms with Crippen molar-refractivity contribution in [3.05, 3.63) is 29.3 Å². The van der Waals surface area contributed by atoms with Crippen molar-refractivity contribution in [3.8, 4) is 5.75 Å². The quantitative estimate of drug-likeness (QED) is 0.854. The number of ether oxygens (including phenoxy) is 1. The largest absolute Gasteiger partial charge is 0.497 e. The van der Waals surface area contributed by atoms with Gasteiger partial charge in [-0.1, -0.05) is 19.9 Å². The van der Waals surface area contributed by atoms with Gasteiger partial charge in [0.25, 0.3) is 0 Å². The molecule has 1 aromatic carbocycles. The second-order valence-electron chi connectivity index (χ2n) is 2.72. The van der Waals surface area contributed by atoms with Crippen LogP contribution >= 0.6 is 0 Å². The zero-order valence-electron chi connectivity index (χ0n) is 9.56. The fourth-order valence-corrected chi connectivity index (χ4v) is 1.12. The molecular formula is C11H16F3NO. The van der Waals surface area contributed by atoms with Crippen molar-refractivity contribution in [1.82, 2.24) is 0 Å². The van der Waals surface area contributed by atoms with E-state index in [1.54, 1.807) is 0 Å². The number of hydrogen-bond donors (Lipinski definition) is 1. The van der Waals surface area contributed by atoms with Crippen LogP contribution in [0, 0.1) is 0 Å². The highest BCUT2D eigenvalue weighted by Crippen LogP contribution is 2.34. The third-order valence-electron chi connectivity index (χ3n) is 1.84. The fourth-order valence-electron chi connectivity index (χ4n) is 1.12. The first-order valence-electron chi connectivity index (χ1n) is 4.93. The van der Waals surface area contributed by atoms with Crippen molar-refractivity contribution in [2.24, 2.45) is 5.73 Å². The Kier molecular flexibility index (Phi) is 5.88. The number of halogens is 3. The second-order valence-corrected chi connectivity index (χ2v) is 2.72. The smallest absolute Gasteiger partial charge is 0.416 e. The lowest BCUT2D eigenvalue weighted by Gasteiger charge is -2.12. The lowest BCUT2D eigenvalue weighted by Crippen LogP contribution is -2.12. The van der Waals surface area contributed by atoms with Crippen molar-refractivity contribution in [3.63, 3.8) is 0 Å². The molecule has 5 heteroatoms. The molecule has 92 valence electrons. The van der Waals surface area contributed by atoms with Gasteiger partial charge >= 0.3 is 6.18 Å². The molecule has 0 radical (unpaired) electrons. The molecule has 0 saturated carbocycles. The van der Waals surface area contributed by atoms with Gasteiger partial charge in [-0.15, -0.1) is 0 Å². The molecule has 0 aromatic heterocycles. The molecular weight excluding hydrogens is 219 g/mol. The fraction of sp³-hybridized carbons (Fsp3) is 0.455. The van der Waals surface area contributed by atoms with Crippen LogP contribution in [0.3, 0.4) is 0 Å². The summed E-state index contributed by atoms with van der Waals surface area (Å²) in [4.78, 5) is 0. The minimum absolute atomic E-state index is 0.0679. The summed E-state index contributed by atoms with van der Waals surface area (Å²) in [5.41, 5.74) is 4.53. The Balaban J connectivity index is 0.00000106. The summed E-state index contributed by atoms with van der Waals surface area (Å²) >= 11 is 0. The summed E-state index contributed by atoms with van der Waals surface area (Å²) in [6.07, 6.45) is -4.39. The van der Waals surface area contributed by atoms with Gasteiger partial charge in [-0.2, -0.15) is 13.2 Å². The SMILES string of the molecule is CC.COc1ccc(CN)c(C(F)(F)F)c1. The Morgan fingerprint density at radius 1 is 1.25 bits per heavy atom. The first kappa shape index (κ1) is 14.8. The predicted octanol–water partition coefficient (Wildman–Crippen LogP) is 3.20. The Bertz CT molecular complexity index is 323. The maximum absolute atomic E-state index is 12.4. The first-order valence-corrected chi connectivity index (χ1v) is 4.93. The molecule has 0 aliphatic rings. The van der Waals surface area contributed by atoms with Crippen LogP contribution in [-0.2, 0) is 12.7 Å². The lowest BCUT2D eigenvalue weighted by molar-refractivity contribution is -0.138. The Morgan fingerprint density at radius 2 is 1.81 bits per heavy atom. The van der Waals surface area contributed by atoms with Crippen LogP contribution < -0.4 is 10.5 Å². The molecule has 0 atom stereocenters. The molecule has 2 nitrogen and oxygen atoms in total. The number of hydrogen-bond acceptors (Lipinski definition) is 2. The van der Waals surface area contributed by atoms with Gasteiger partial charge in [0.05, 0.1) is 12.7 Å². The normalized spacial score (nSPS) is 10.4. The van der Waals surface area contributed by atoms with Crippen LogP contribution in [0.5, 0.6) is 5.75 Å². The van der Waals surface area contributed by atoms with Gasteiger partial charge in [0, 0.05) is 6.54 Å². The summed E-state index contributed by atoms with van der Waals surface area (Å²) in [6.45, 7) is 3.86. The van der Waals surface area contributed by atoms with Gasteiger partial charge < -0.3 is 10.5 Å². The van der Waals surface area contributed by atoms with Gasteiger partial charge in [0.1, 0.15) is 5.75 Å². The summed E-state index contributed by atoms with van der Waals surface area (Å²) in [5.74, 6) is 0.175. The molecule has 1 rings (SSSR count). The van der Waals surface area contributed by atoms with E-state index >= 15 is 0 Å². The van der Waals surface area contributed by atoms with Crippen molar-refractivity contribution < 1.29 is 17.9 Å². The van der Waals surface area contributed by atoms with Gasteiger partial charge in [-0.25, -0.2) is 0 Å². The van der Waals surface area contributed by atoms with Crippen molar-refractivity contribution in [1.29, 1.82) is 0 Å². The molecule has 1 aromatic rings. The van der Waals surface area contributed by atoms with Crippen LogP contribution in [0.1, 0.15) is 25.0 Å². The van der Waals surface area contributed by atoms with Gasteiger partial charge in [0.15, 0.2) is 0 Å². The highest BCUT2D eigenvalue weighted by molar-refractivity contribution is 5.37. The summed E-state index contributed by atoms with van der Waals surface area (Å²) in [7, 11) is 1.32. The monoisotopic (exact) mass is 235 g/mol. The number of methoxy groups -OCH3 is 1. The van der Waals surface area contributed by atoms with Crippen molar-refractivity contribution >= 4 is 0 Å². The Hall–Kier alpha value is -1.23. The zero-order valence-corrected chi connectivity index (χ0v) is 9.56. The van der Waals surface area contributed by atoms with E-state index in [1.165, 1.54) is 19.2 Å². The first-order chi connectivity index (χ1) is 7.49. The maximum Gasteiger partial charge on any atom is 0.416 e. The average Bonchev–Trinajstić information content (AvgIpc) is 2.29. The van der Waals surface area contributed by atoms with Crippen LogP contribution in [0.4, 0.5) is 13.2 Å². The van der Waals surface area contributed by atoms with Gasteiger partial charge in [-0.05, 0) is 17.7 Å². The Labute approximate surface area is 93.2 Å². The molecule has 0 unspecified atom stereocenters. The highest BCUT2D eigenvalue weighted by atomic mass is 19.4. The summed E-state index contributed by atoms with van der Waals surface area (Å²) < 4.78 is 42.0. The molecule has 0 heterocycles. The number of rotatable bonds is 2. The molecule has 0 amide bonds. The van der Waals surface area contributed by atoms with Crippen molar-refractivity contribution in [2.75, 3.05) is 7.11 Å². The van der Waals surface area contributed by atoms with Crippen LogP contribution in [-0.4, -0.2) is 7.11 Å². The molecule has 0 fully saturated rings. The summed E-state index contributed by atoms with van der Waals surface area (Å²) in [6, 6.07) is 3.72.